The minimum Gasteiger partial charge on any atom is -0.335 e. The van der Waals surface area contributed by atoms with Gasteiger partial charge in [-0.3, -0.25) is 9.59 Å². The summed E-state index contributed by atoms with van der Waals surface area (Å²) in [5.41, 5.74) is 1.94. The molecule has 0 saturated carbocycles. The predicted molar refractivity (Wildman–Crippen MR) is 139 cm³/mol. The van der Waals surface area contributed by atoms with E-state index in [0.717, 1.165) is 36.8 Å². The van der Waals surface area contributed by atoms with Crippen LogP contribution in [0.3, 0.4) is 0 Å². The first-order valence-electron chi connectivity index (χ1n) is 11.7. The van der Waals surface area contributed by atoms with E-state index in [1.807, 2.05) is 54.3 Å². The maximum absolute atomic E-state index is 13.0. The van der Waals surface area contributed by atoms with Gasteiger partial charge in [0.15, 0.2) is 0 Å². The number of benzene rings is 2. The Bertz CT molecular complexity index is 1060. The SMILES string of the molecule is CCCCCCC(=O)N(CCC(=O)Nc1nnc(-c2ccc(Cl)cc2)s1)[C@H](C)c1ccccc1. The Hall–Kier alpha value is -2.77. The first-order chi connectivity index (χ1) is 16.5. The quantitative estimate of drug-likeness (QED) is 0.280. The standard InChI is InChI=1S/C26H31ClN4O2S/c1-3-4-5-9-12-24(33)31(19(2)20-10-7-6-8-11-20)18-17-23(32)28-26-30-29-25(34-26)21-13-15-22(27)16-14-21/h6-8,10-11,13-16,19H,3-5,9,12,17-18H2,1-2H3,(H,28,30,32)/t19-/m1/s1. The maximum Gasteiger partial charge on any atom is 0.227 e. The number of halogens is 1. The van der Waals surface area contributed by atoms with Gasteiger partial charge in [0.25, 0.3) is 0 Å². The van der Waals surface area contributed by atoms with Crippen LogP contribution in [0.4, 0.5) is 5.13 Å². The van der Waals surface area contributed by atoms with Crippen molar-refractivity contribution in [2.75, 3.05) is 11.9 Å². The topological polar surface area (TPSA) is 75.2 Å². The molecule has 1 aromatic heterocycles. The van der Waals surface area contributed by atoms with E-state index in [9.17, 15) is 9.59 Å². The number of carbonyl (C=O) groups excluding carboxylic acids is 2. The van der Waals surface area contributed by atoms with Gasteiger partial charge in [0.1, 0.15) is 5.01 Å². The van der Waals surface area contributed by atoms with Crippen LogP contribution in [0.15, 0.2) is 54.6 Å². The summed E-state index contributed by atoms with van der Waals surface area (Å²) in [6.45, 7) is 4.51. The molecule has 6 nitrogen and oxygen atoms in total. The number of nitrogens with one attached hydrogen (secondary N) is 1. The van der Waals surface area contributed by atoms with Crippen molar-refractivity contribution in [2.24, 2.45) is 0 Å². The summed E-state index contributed by atoms with van der Waals surface area (Å²) >= 11 is 7.24. The van der Waals surface area contributed by atoms with Crippen LogP contribution < -0.4 is 5.32 Å². The van der Waals surface area contributed by atoms with Crippen molar-refractivity contribution in [3.8, 4) is 10.6 Å². The van der Waals surface area contributed by atoms with Gasteiger partial charge in [-0.1, -0.05) is 91.6 Å². The summed E-state index contributed by atoms with van der Waals surface area (Å²) in [7, 11) is 0. The fourth-order valence-corrected chi connectivity index (χ4v) is 4.57. The van der Waals surface area contributed by atoms with Gasteiger partial charge < -0.3 is 10.2 Å². The minimum absolute atomic E-state index is 0.0844. The normalized spacial score (nSPS) is 11.7. The third kappa shape index (κ3) is 7.64. The zero-order valence-electron chi connectivity index (χ0n) is 19.7. The van der Waals surface area contributed by atoms with E-state index < -0.39 is 0 Å². The molecular weight excluding hydrogens is 468 g/mol. The van der Waals surface area contributed by atoms with Gasteiger partial charge in [0.05, 0.1) is 6.04 Å². The van der Waals surface area contributed by atoms with Crippen molar-refractivity contribution in [3.05, 3.63) is 65.2 Å². The number of anilines is 1. The van der Waals surface area contributed by atoms with Gasteiger partial charge in [0.2, 0.25) is 16.9 Å². The number of rotatable bonds is 12. The molecule has 2 amide bonds. The highest BCUT2D eigenvalue weighted by Gasteiger charge is 2.22. The van der Waals surface area contributed by atoms with Crippen molar-refractivity contribution < 1.29 is 9.59 Å². The second-order valence-corrected chi connectivity index (χ2v) is 9.62. The number of carbonyl (C=O) groups is 2. The van der Waals surface area contributed by atoms with Gasteiger partial charge in [0, 0.05) is 30.0 Å². The zero-order chi connectivity index (χ0) is 24.3. The molecule has 0 aliphatic heterocycles. The van der Waals surface area contributed by atoms with Gasteiger partial charge in [-0.05, 0) is 31.0 Å². The zero-order valence-corrected chi connectivity index (χ0v) is 21.2. The van der Waals surface area contributed by atoms with E-state index in [1.165, 1.54) is 11.3 Å². The van der Waals surface area contributed by atoms with Crippen molar-refractivity contribution >= 4 is 39.9 Å². The van der Waals surface area contributed by atoms with E-state index in [4.69, 9.17) is 11.6 Å². The second kappa shape index (κ2) is 13.2. The summed E-state index contributed by atoms with van der Waals surface area (Å²) < 4.78 is 0. The highest BCUT2D eigenvalue weighted by molar-refractivity contribution is 7.18. The molecule has 1 N–H and O–H groups in total. The Balaban J connectivity index is 1.60. The van der Waals surface area contributed by atoms with Gasteiger partial charge in [-0.25, -0.2) is 0 Å². The molecule has 3 aromatic rings. The molecular formula is C26H31ClN4O2S. The number of hydrogen-bond acceptors (Lipinski definition) is 5. The first kappa shape index (κ1) is 25.8. The Labute approximate surface area is 210 Å². The van der Waals surface area contributed by atoms with Crippen LogP contribution >= 0.6 is 22.9 Å². The molecule has 1 heterocycles. The summed E-state index contributed by atoms with van der Waals surface area (Å²) in [6.07, 6.45) is 4.86. The average Bonchev–Trinajstić information content (AvgIpc) is 3.31. The number of hydrogen-bond donors (Lipinski definition) is 1. The Morgan fingerprint density at radius 3 is 2.44 bits per heavy atom. The lowest BCUT2D eigenvalue weighted by Gasteiger charge is -2.29. The molecule has 2 aromatic carbocycles. The highest BCUT2D eigenvalue weighted by atomic mass is 35.5. The molecule has 0 fully saturated rings. The second-order valence-electron chi connectivity index (χ2n) is 8.20. The van der Waals surface area contributed by atoms with Crippen LogP contribution in [-0.2, 0) is 9.59 Å². The van der Waals surface area contributed by atoms with Crippen LogP contribution in [0.1, 0.15) is 64.0 Å². The summed E-state index contributed by atoms with van der Waals surface area (Å²) in [4.78, 5) is 27.5. The average molecular weight is 499 g/mol. The maximum atomic E-state index is 13.0. The molecule has 3 rings (SSSR count). The lowest BCUT2D eigenvalue weighted by Crippen LogP contribution is -2.36. The van der Waals surface area contributed by atoms with Crippen LogP contribution in [-0.4, -0.2) is 33.5 Å². The van der Waals surface area contributed by atoms with Crippen LogP contribution in [0.25, 0.3) is 10.6 Å². The molecule has 0 spiro atoms. The number of amides is 2. The number of nitrogens with zero attached hydrogens (tertiary/aromatic N) is 3. The molecule has 0 bridgehead atoms. The number of aromatic nitrogens is 2. The lowest BCUT2D eigenvalue weighted by molar-refractivity contribution is -0.134. The summed E-state index contributed by atoms with van der Waals surface area (Å²) in [6, 6.07) is 17.1. The van der Waals surface area contributed by atoms with E-state index in [0.29, 0.717) is 28.1 Å². The van der Waals surface area contributed by atoms with Crippen molar-refractivity contribution in [3.63, 3.8) is 0 Å². The molecule has 0 saturated heterocycles. The third-order valence-corrected chi connectivity index (χ3v) is 6.80. The van der Waals surface area contributed by atoms with Crippen molar-refractivity contribution in [1.29, 1.82) is 0 Å². The van der Waals surface area contributed by atoms with Crippen molar-refractivity contribution in [2.45, 2.75) is 58.4 Å². The van der Waals surface area contributed by atoms with E-state index in [1.54, 1.807) is 12.1 Å². The molecule has 34 heavy (non-hydrogen) atoms. The largest absolute Gasteiger partial charge is 0.335 e. The molecule has 0 aliphatic rings. The summed E-state index contributed by atoms with van der Waals surface area (Å²) in [5.74, 6) is -0.107. The molecule has 8 heteroatoms. The van der Waals surface area contributed by atoms with E-state index >= 15 is 0 Å². The van der Waals surface area contributed by atoms with Crippen LogP contribution in [0.5, 0.6) is 0 Å². The van der Waals surface area contributed by atoms with Crippen LogP contribution in [0, 0.1) is 0 Å². The predicted octanol–water partition coefficient (Wildman–Crippen LogP) is 6.75. The van der Waals surface area contributed by atoms with Crippen molar-refractivity contribution in [1.82, 2.24) is 15.1 Å². The highest BCUT2D eigenvalue weighted by Crippen LogP contribution is 2.27. The first-order valence-corrected chi connectivity index (χ1v) is 12.9. The van der Waals surface area contributed by atoms with Gasteiger partial charge >= 0.3 is 0 Å². The fraction of sp³-hybridized carbons (Fsp3) is 0.385. The van der Waals surface area contributed by atoms with E-state index in [-0.39, 0.29) is 24.3 Å². The van der Waals surface area contributed by atoms with Crippen LogP contribution in [0.2, 0.25) is 5.02 Å². The van der Waals surface area contributed by atoms with Gasteiger partial charge in [-0.15, -0.1) is 10.2 Å². The Kier molecular flexibility index (Phi) is 10.0. The third-order valence-electron chi connectivity index (χ3n) is 5.66. The van der Waals surface area contributed by atoms with Gasteiger partial charge in [-0.2, -0.15) is 0 Å². The number of unbranched alkanes of at least 4 members (excludes halogenated alkanes) is 3. The van der Waals surface area contributed by atoms with E-state index in [2.05, 4.69) is 22.4 Å². The smallest absolute Gasteiger partial charge is 0.227 e. The molecule has 0 unspecified atom stereocenters. The lowest BCUT2D eigenvalue weighted by atomic mass is 10.1. The Morgan fingerprint density at radius 1 is 1.00 bits per heavy atom. The molecule has 1 atom stereocenters. The summed E-state index contributed by atoms with van der Waals surface area (Å²) in [5, 5.41) is 12.8. The monoisotopic (exact) mass is 498 g/mol. The molecule has 0 aliphatic carbocycles. The fourth-order valence-electron chi connectivity index (χ4n) is 3.68. The Morgan fingerprint density at radius 2 is 1.74 bits per heavy atom. The molecule has 0 radical (unpaired) electrons. The minimum atomic E-state index is -0.192. The molecule has 180 valence electrons.